The largest absolute Gasteiger partial charge is 0.480 e. The molecule has 1 N–H and O–H groups in total. The first kappa shape index (κ1) is 19.7. The van der Waals surface area contributed by atoms with Crippen molar-refractivity contribution in [1.82, 2.24) is 4.90 Å². The second-order valence-electron chi connectivity index (χ2n) is 7.61. The van der Waals surface area contributed by atoms with E-state index in [1.165, 1.54) is 0 Å². The average molecular weight is 406 g/mol. The lowest BCUT2D eigenvalue weighted by atomic mass is 9.75. The molecule has 3 aromatic rings. The summed E-state index contributed by atoms with van der Waals surface area (Å²) in [6, 6.07) is 25.7. The van der Waals surface area contributed by atoms with Gasteiger partial charge in [0, 0.05) is 11.6 Å². The Morgan fingerprint density at radius 3 is 2.24 bits per heavy atom. The van der Waals surface area contributed by atoms with Crippen molar-refractivity contribution in [2.45, 2.75) is 31.3 Å². The van der Waals surface area contributed by atoms with Crippen LogP contribution in [0.5, 0.6) is 0 Å². The van der Waals surface area contributed by atoms with Gasteiger partial charge in [-0.15, -0.1) is 0 Å². The van der Waals surface area contributed by atoms with Crippen molar-refractivity contribution in [3.05, 3.63) is 106 Å². The molecule has 0 bridgehead atoms. The molecular weight excluding hydrogens is 382 g/mol. The van der Waals surface area contributed by atoms with Gasteiger partial charge in [0.2, 0.25) is 0 Å². The Balaban J connectivity index is 2.10. The summed E-state index contributed by atoms with van der Waals surface area (Å²) in [5, 5.41) is 10.7. The molecule has 1 heterocycles. The second-order valence-corrected chi connectivity index (χ2v) is 8.02. The summed E-state index contributed by atoms with van der Waals surface area (Å²) in [7, 11) is 0. The van der Waals surface area contributed by atoms with E-state index in [2.05, 4.69) is 48.2 Å². The number of carboxylic acids is 1. The molecule has 0 saturated carbocycles. The van der Waals surface area contributed by atoms with Crippen LogP contribution in [0.2, 0.25) is 5.02 Å². The fourth-order valence-corrected chi connectivity index (χ4v) is 4.89. The lowest BCUT2D eigenvalue weighted by Crippen LogP contribution is -2.52. The number of aliphatic carboxylic acids is 1. The van der Waals surface area contributed by atoms with Crippen LogP contribution in [-0.2, 0) is 10.3 Å². The van der Waals surface area contributed by atoms with Crippen LogP contribution < -0.4 is 0 Å². The van der Waals surface area contributed by atoms with Gasteiger partial charge >= 0.3 is 5.97 Å². The van der Waals surface area contributed by atoms with E-state index >= 15 is 0 Å². The number of benzene rings is 3. The van der Waals surface area contributed by atoms with Crippen molar-refractivity contribution < 1.29 is 9.90 Å². The smallest absolute Gasteiger partial charge is 0.320 e. The Hall–Kier alpha value is -2.62. The molecule has 1 saturated heterocycles. The molecule has 0 aromatic heterocycles. The zero-order valence-corrected chi connectivity index (χ0v) is 17.1. The standard InChI is InChI=1S/C25H24ClNO2/c1-18-13-15-20(16-14-18)25(19-8-3-2-4-9-19,21-10-5-6-11-22(21)26)27-17-7-12-23(27)24(28)29/h2-6,8-11,13-16,23H,7,12,17H2,1H3,(H,28,29)/t23-,25?/m0/s1. The molecular formula is C25H24ClNO2. The monoisotopic (exact) mass is 405 g/mol. The highest BCUT2D eigenvalue weighted by Crippen LogP contribution is 2.48. The third-order valence-corrected chi connectivity index (χ3v) is 6.22. The minimum Gasteiger partial charge on any atom is -0.480 e. The number of hydrogen-bond acceptors (Lipinski definition) is 2. The maximum Gasteiger partial charge on any atom is 0.320 e. The van der Waals surface area contributed by atoms with E-state index in [0.29, 0.717) is 18.0 Å². The summed E-state index contributed by atoms with van der Waals surface area (Å²) >= 11 is 6.77. The first-order valence-corrected chi connectivity index (χ1v) is 10.3. The van der Waals surface area contributed by atoms with Crippen LogP contribution in [0, 0.1) is 6.92 Å². The normalized spacial score (nSPS) is 19.0. The van der Waals surface area contributed by atoms with Crippen LogP contribution in [0.4, 0.5) is 0 Å². The van der Waals surface area contributed by atoms with Gasteiger partial charge in [0.15, 0.2) is 0 Å². The van der Waals surface area contributed by atoms with Crippen LogP contribution in [-0.4, -0.2) is 28.6 Å². The van der Waals surface area contributed by atoms with E-state index < -0.39 is 17.6 Å². The molecule has 3 nitrogen and oxygen atoms in total. The van der Waals surface area contributed by atoms with Crippen LogP contribution in [0.15, 0.2) is 78.9 Å². The van der Waals surface area contributed by atoms with E-state index in [1.807, 2.05) is 42.5 Å². The highest BCUT2D eigenvalue weighted by molar-refractivity contribution is 6.31. The number of likely N-dealkylation sites (tertiary alicyclic amines) is 1. The molecule has 1 fully saturated rings. The highest BCUT2D eigenvalue weighted by atomic mass is 35.5. The Morgan fingerprint density at radius 2 is 1.59 bits per heavy atom. The van der Waals surface area contributed by atoms with Gasteiger partial charge in [-0.25, -0.2) is 0 Å². The number of nitrogens with zero attached hydrogens (tertiary/aromatic N) is 1. The number of aryl methyl sites for hydroxylation is 1. The first-order chi connectivity index (χ1) is 14.0. The van der Waals surface area contributed by atoms with Gasteiger partial charge in [0.05, 0.1) is 5.54 Å². The van der Waals surface area contributed by atoms with Gasteiger partial charge in [-0.2, -0.15) is 0 Å². The quantitative estimate of drug-likeness (QED) is 0.570. The zero-order chi connectivity index (χ0) is 20.4. The van der Waals surface area contributed by atoms with Crippen molar-refractivity contribution in [1.29, 1.82) is 0 Å². The van der Waals surface area contributed by atoms with E-state index in [0.717, 1.165) is 28.7 Å². The molecule has 0 radical (unpaired) electrons. The van der Waals surface area contributed by atoms with E-state index in [-0.39, 0.29) is 0 Å². The Kier molecular flexibility index (Phi) is 5.44. The van der Waals surface area contributed by atoms with Crippen LogP contribution in [0.1, 0.15) is 35.1 Å². The molecule has 1 aliphatic heterocycles. The summed E-state index contributed by atoms with van der Waals surface area (Å²) in [6.07, 6.45) is 1.46. The van der Waals surface area contributed by atoms with Crippen LogP contribution in [0.25, 0.3) is 0 Å². The van der Waals surface area contributed by atoms with Gasteiger partial charge < -0.3 is 5.11 Å². The number of halogens is 1. The van der Waals surface area contributed by atoms with Gasteiger partial charge in [0.1, 0.15) is 6.04 Å². The number of carboxylic acid groups (broad SMARTS) is 1. The summed E-state index contributed by atoms with van der Waals surface area (Å²) in [5.74, 6) is -0.790. The van der Waals surface area contributed by atoms with Gasteiger partial charge in [-0.3, -0.25) is 9.69 Å². The topological polar surface area (TPSA) is 40.5 Å². The molecule has 1 aliphatic rings. The third kappa shape index (κ3) is 3.35. The molecule has 1 unspecified atom stereocenters. The lowest BCUT2D eigenvalue weighted by molar-refractivity contribution is -0.143. The van der Waals surface area contributed by atoms with Crippen molar-refractivity contribution in [3.8, 4) is 0 Å². The molecule has 148 valence electrons. The molecule has 0 amide bonds. The minimum atomic E-state index is -0.790. The third-order valence-electron chi connectivity index (χ3n) is 5.89. The first-order valence-electron chi connectivity index (χ1n) is 9.92. The van der Waals surface area contributed by atoms with Gasteiger partial charge in [-0.05, 0) is 42.5 Å². The minimum absolute atomic E-state index is 0.576. The maximum absolute atomic E-state index is 12.2. The lowest BCUT2D eigenvalue weighted by Gasteiger charge is -2.46. The molecule has 4 heteroatoms. The second kappa shape index (κ2) is 8.02. The predicted molar refractivity (Wildman–Crippen MR) is 116 cm³/mol. The average Bonchev–Trinajstić information content (AvgIpc) is 3.22. The fourth-order valence-electron chi connectivity index (χ4n) is 4.62. The number of rotatable bonds is 5. The van der Waals surface area contributed by atoms with Gasteiger partial charge in [0.25, 0.3) is 0 Å². The maximum atomic E-state index is 12.2. The van der Waals surface area contributed by atoms with E-state index in [1.54, 1.807) is 0 Å². The summed E-state index contributed by atoms with van der Waals surface area (Å²) in [5.41, 5.74) is 3.32. The van der Waals surface area contributed by atoms with Crippen molar-refractivity contribution in [2.75, 3.05) is 6.54 Å². The van der Waals surface area contributed by atoms with E-state index in [9.17, 15) is 9.90 Å². The Bertz CT molecular complexity index is 1000. The molecule has 0 spiro atoms. The zero-order valence-electron chi connectivity index (χ0n) is 16.4. The summed E-state index contributed by atoms with van der Waals surface area (Å²) in [6.45, 7) is 2.74. The van der Waals surface area contributed by atoms with Crippen molar-refractivity contribution in [2.24, 2.45) is 0 Å². The fraction of sp³-hybridized carbons (Fsp3) is 0.240. The summed E-state index contributed by atoms with van der Waals surface area (Å²) < 4.78 is 0. The summed E-state index contributed by atoms with van der Waals surface area (Å²) in [4.78, 5) is 14.3. The van der Waals surface area contributed by atoms with Gasteiger partial charge in [-0.1, -0.05) is 90.0 Å². The number of carbonyl (C=O) groups is 1. The molecule has 0 aliphatic carbocycles. The SMILES string of the molecule is Cc1ccc(C(c2ccccc2)(c2ccccc2Cl)N2CCC[C@H]2C(=O)O)cc1. The Labute approximate surface area is 176 Å². The predicted octanol–water partition coefficient (Wildman–Crippen LogP) is 5.49. The molecule has 2 atom stereocenters. The van der Waals surface area contributed by atoms with Crippen LogP contribution >= 0.6 is 11.6 Å². The highest BCUT2D eigenvalue weighted by Gasteiger charge is 2.49. The molecule has 29 heavy (non-hydrogen) atoms. The Morgan fingerprint density at radius 1 is 0.966 bits per heavy atom. The van der Waals surface area contributed by atoms with Crippen LogP contribution in [0.3, 0.4) is 0 Å². The molecule has 4 rings (SSSR count). The van der Waals surface area contributed by atoms with E-state index in [4.69, 9.17) is 11.6 Å². The van der Waals surface area contributed by atoms with Crippen molar-refractivity contribution in [3.63, 3.8) is 0 Å². The number of hydrogen-bond donors (Lipinski definition) is 1. The van der Waals surface area contributed by atoms with Crippen molar-refractivity contribution >= 4 is 17.6 Å². The molecule has 3 aromatic carbocycles.